The zero-order chi connectivity index (χ0) is 17.2. The molecule has 2 aromatic rings. The number of hydrogen-bond donors (Lipinski definition) is 2. The molecule has 1 aliphatic carbocycles. The molecule has 7 heteroatoms. The Kier molecular flexibility index (Phi) is 4.76. The molecule has 4 rings (SSSR count). The largest absolute Gasteiger partial charge is 0.443 e. The molecule has 2 N–H and O–H groups in total. The van der Waals surface area contributed by atoms with Crippen molar-refractivity contribution < 1.29 is 4.42 Å². The minimum Gasteiger partial charge on any atom is -0.443 e. The van der Waals surface area contributed by atoms with Crippen LogP contribution in [0.25, 0.3) is 10.8 Å². The topological polar surface area (TPSA) is 65.7 Å². The fraction of sp³-hybridized carbons (Fsp3) is 0.556. The summed E-state index contributed by atoms with van der Waals surface area (Å²) in [6, 6.07) is 5.30. The van der Waals surface area contributed by atoms with Crippen LogP contribution in [0, 0.1) is 5.92 Å². The van der Waals surface area contributed by atoms with Gasteiger partial charge in [-0.3, -0.25) is 9.89 Å². The van der Waals surface area contributed by atoms with E-state index in [0.717, 1.165) is 29.1 Å². The van der Waals surface area contributed by atoms with Crippen LogP contribution in [0.3, 0.4) is 0 Å². The summed E-state index contributed by atoms with van der Waals surface area (Å²) in [4.78, 5) is 12.6. The molecule has 2 atom stereocenters. The normalized spacial score (nSPS) is 24.6. The summed E-state index contributed by atoms with van der Waals surface area (Å²) in [5.41, 5.74) is 0.880. The van der Waals surface area contributed by atoms with Crippen molar-refractivity contribution in [1.29, 1.82) is 0 Å². The summed E-state index contributed by atoms with van der Waals surface area (Å²) in [5, 5.41) is 8.95. The van der Waals surface area contributed by atoms with Crippen molar-refractivity contribution in [2.24, 2.45) is 10.9 Å². The lowest BCUT2D eigenvalue weighted by Crippen LogP contribution is -2.46. The van der Waals surface area contributed by atoms with Gasteiger partial charge in [-0.1, -0.05) is 13.0 Å². The molecule has 0 amide bonds. The van der Waals surface area contributed by atoms with Crippen LogP contribution in [0.15, 0.2) is 33.2 Å². The zero-order valence-electron chi connectivity index (χ0n) is 14.7. The van der Waals surface area contributed by atoms with Crippen LogP contribution < -0.4 is 10.6 Å². The predicted molar refractivity (Wildman–Crippen MR) is 101 cm³/mol. The lowest BCUT2D eigenvalue weighted by atomic mass is 10.1. The van der Waals surface area contributed by atoms with Gasteiger partial charge in [-0.05, 0) is 30.2 Å². The molecule has 1 aliphatic heterocycles. The molecule has 2 aromatic heterocycles. The summed E-state index contributed by atoms with van der Waals surface area (Å²) < 4.78 is 5.57. The van der Waals surface area contributed by atoms with E-state index < -0.39 is 0 Å². The minimum absolute atomic E-state index is 0.450. The third-order valence-corrected chi connectivity index (χ3v) is 5.83. The molecule has 1 saturated carbocycles. The Morgan fingerprint density at radius 3 is 3.04 bits per heavy atom. The lowest BCUT2D eigenvalue weighted by molar-refractivity contribution is 0.315. The van der Waals surface area contributed by atoms with Crippen molar-refractivity contribution >= 4 is 17.3 Å². The molecule has 0 aromatic carbocycles. The van der Waals surface area contributed by atoms with E-state index in [0.29, 0.717) is 24.4 Å². The molecule has 0 radical (unpaired) electrons. The van der Waals surface area contributed by atoms with Crippen molar-refractivity contribution in [3.05, 3.63) is 29.5 Å². The Labute approximate surface area is 152 Å². The van der Waals surface area contributed by atoms with E-state index >= 15 is 0 Å². The van der Waals surface area contributed by atoms with Crippen molar-refractivity contribution in [1.82, 2.24) is 20.5 Å². The highest BCUT2D eigenvalue weighted by molar-refractivity contribution is 7.13. The van der Waals surface area contributed by atoms with Gasteiger partial charge in [-0.25, -0.2) is 4.98 Å². The monoisotopic (exact) mass is 359 g/mol. The van der Waals surface area contributed by atoms with E-state index in [2.05, 4.69) is 32.4 Å². The number of thiophene rings is 1. The van der Waals surface area contributed by atoms with Gasteiger partial charge in [-0.2, -0.15) is 0 Å². The maximum absolute atomic E-state index is 5.57. The van der Waals surface area contributed by atoms with Gasteiger partial charge in [0.25, 0.3) is 0 Å². The number of aromatic nitrogens is 1. The smallest absolute Gasteiger partial charge is 0.236 e. The third kappa shape index (κ3) is 3.88. The number of likely N-dealkylation sites (tertiary alicyclic amines) is 1. The van der Waals surface area contributed by atoms with Crippen LogP contribution in [0.5, 0.6) is 0 Å². The van der Waals surface area contributed by atoms with Gasteiger partial charge in [0.05, 0.1) is 17.1 Å². The molecule has 25 heavy (non-hydrogen) atoms. The van der Waals surface area contributed by atoms with Crippen LogP contribution in [-0.4, -0.2) is 48.1 Å². The van der Waals surface area contributed by atoms with E-state index in [1.807, 2.05) is 24.6 Å². The number of rotatable bonds is 5. The van der Waals surface area contributed by atoms with Crippen LogP contribution >= 0.6 is 11.3 Å². The highest BCUT2D eigenvalue weighted by Gasteiger charge is 2.38. The number of nitrogens with one attached hydrogen (secondary N) is 2. The predicted octanol–water partition coefficient (Wildman–Crippen LogP) is 2.55. The highest BCUT2D eigenvalue weighted by Crippen LogP contribution is 2.31. The van der Waals surface area contributed by atoms with E-state index in [1.165, 1.54) is 19.4 Å². The summed E-state index contributed by atoms with van der Waals surface area (Å²) in [6.45, 7) is 5.21. The van der Waals surface area contributed by atoms with Gasteiger partial charge < -0.3 is 15.1 Å². The molecule has 2 fully saturated rings. The van der Waals surface area contributed by atoms with Gasteiger partial charge in [-0.15, -0.1) is 11.3 Å². The van der Waals surface area contributed by atoms with Crippen LogP contribution in [0.1, 0.15) is 25.5 Å². The van der Waals surface area contributed by atoms with Crippen LogP contribution in [0.2, 0.25) is 0 Å². The first-order chi connectivity index (χ1) is 12.2. The standard InChI is InChI=1S/C18H25N5OS/c1-12-9-23(14-5-6-14)10-15(12)22-18(19-2)20-8-13-11-24-17(21-13)16-4-3-7-25-16/h3-4,7,11-12,14-15H,5-6,8-10H2,1-2H3,(H2,19,20,22). The zero-order valence-corrected chi connectivity index (χ0v) is 15.6. The maximum Gasteiger partial charge on any atom is 0.236 e. The summed E-state index contributed by atoms with van der Waals surface area (Å²) in [7, 11) is 1.81. The average Bonchev–Trinajstić information content (AvgIpc) is 3.02. The first-order valence-corrected chi connectivity index (χ1v) is 9.80. The summed E-state index contributed by atoms with van der Waals surface area (Å²) in [5.74, 6) is 2.14. The Hall–Kier alpha value is -1.86. The first-order valence-electron chi connectivity index (χ1n) is 8.92. The third-order valence-electron chi connectivity index (χ3n) is 4.97. The second-order valence-electron chi connectivity index (χ2n) is 6.96. The molecule has 6 nitrogen and oxygen atoms in total. The lowest BCUT2D eigenvalue weighted by Gasteiger charge is -2.20. The minimum atomic E-state index is 0.450. The molecular weight excluding hydrogens is 334 g/mol. The first kappa shape index (κ1) is 16.6. The van der Waals surface area contributed by atoms with Gasteiger partial charge in [0.15, 0.2) is 5.96 Å². The Morgan fingerprint density at radius 2 is 2.32 bits per heavy atom. The molecule has 3 heterocycles. The van der Waals surface area contributed by atoms with E-state index in [-0.39, 0.29) is 0 Å². The van der Waals surface area contributed by atoms with Gasteiger partial charge in [0.1, 0.15) is 6.26 Å². The number of aliphatic imine (C=N–C) groups is 1. The number of nitrogens with zero attached hydrogens (tertiary/aromatic N) is 3. The Bertz CT molecular complexity index is 722. The molecule has 134 valence electrons. The number of oxazole rings is 1. The molecular formula is C18H25N5OS. The van der Waals surface area contributed by atoms with Gasteiger partial charge >= 0.3 is 0 Å². The van der Waals surface area contributed by atoms with Crippen LogP contribution in [-0.2, 0) is 6.54 Å². The summed E-state index contributed by atoms with van der Waals surface area (Å²) >= 11 is 1.63. The van der Waals surface area contributed by atoms with Crippen molar-refractivity contribution in [3.63, 3.8) is 0 Å². The van der Waals surface area contributed by atoms with Crippen molar-refractivity contribution in [2.45, 2.75) is 38.4 Å². The molecule has 2 unspecified atom stereocenters. The van der Waals surface area contributed by atoms with Crippen molar-refractivity contribution in [3.8, 4) is 10.8 Å². The quantitative estimate of drug-likeness (QED) is 0.634. The highest BCUT2D eigenvalue weighted by atomic mass is 32.1. The second kappa shape index (κ2) is 7.17. The molecule has 0 bridgehead atoms. The van der Waals surface area contributed by atoms with Crippen molar-refractivity contribution in [2.75, 3.05) is 20.1 Å². The molecule has 2 aliphatic rings. The average molecular weight is 359 g/mol. The van der Waals surface area contributed by atoms with E-state index in [4.69, 9.17) is 4.42 Å². The molecule has 0 spiro atoms. The van der Waals surface area contributed by atoms with Gasteiger partial charge in [0.2, 0.25) is 5.89 Å². The molecule has 1 saturated heterocycles. The van der Waals surface area contributed by atoms with E-state index in [9.17, 15) is 0 Å². The Morgan fingerprint density at radius 1 is 1.44 bits per heavy atom. The Balaban J connectivity index is 1.30. The van der Waals surface area contributed by atoms with Crippen LogP contribution in [0.4, 0.5) is 0 Å². The van der Waals surface area contributed by atoms with Gasteiger partial charge in [0, 0.05) is 32.2 Å². The number of guanidine groups is 1. The fourth-order valence-electron chi connectivity index (χ4n) is 3.38. The fourth-order valence-corrected chi connectivity index (χ4v) is 4.03. The number of hydrogen-bond acceptors (Lipinski definition) is 5. The van der Waals surface area contributed by atoms with E-state index in [1.54, 1.807) is 17.6 Å². The summed E-state index contributed by atoms with van der Waals surface area (Å²) in [6.07, 6.45) is 4.44. The second-order valence-corrected chi connectivity index (χ2v) is 7.91. The SMILES string of the molecule is CN=C(NCc1coc(-c2cccs2)n1)NC1CN(C2CC2)CC1C. The maximum atomic E-state index is 5.57.